The van der Waals surface area contributed by atoms with Gasteiger partial charge in [-0.05, 0) is 24.8 Å². The monoisotopic (exact) mass is 230 g/mol. The van der Waals surface area contributed by atoms with E-state index in [1.54, 1.807) is 6.20 Å². The quantitative estimate of drug-likeness (QED) is 0.744. The zero-order valence-electron chi connectivity index (χ0n) is 9.56. The van der Waals surface area contributed by atoms with Crippen molar-refractivity contribution in [1.29, 1.82) is 0 Å². The molecule has 0 N–H and O–H groups in total. The Labute approximate surface area is 99.2 Å². The van der Waals surface area contributed by atoms with Gasteiger partial charge in [-0.15, -0.1) is 0 Å². The molecule has 0 spiro atoms. The van der Waals surface area contributed by atoms with Crippen LogP contribution in [0.1, 0.15) is 40.9 Å². The van der Waals surface area contributed by atoms with E-state index in [0.29, 0.717) is 13.0 Å². The van der Waals surface area contributed by atoms with Crippen LogP contribution in [0.2, 0.25) is 0 Å². The number of aryl methyl sites for hydroxylation is 1. The number of rotatable bonds is 2. The summed E-state index contributed by atoms with van der Waals surface area (Å²) in [5.41, 5.74) is 2.06. The molecule has 0 bridgehead atoms. The summed E-state index contributed by atoms with van der Waals surface area (Å²) in [5.74, 6) is 1.08. The van der Waals surface area contributed by atoms with E-state index in [1.807, 2.05) is 16.8 Å². The first kappa shape index (κ1) is 10.3. The maximum absolute atomic E-state index is 11.9. The van der Waals surface area contributed by atoms with E-state index >= 15 is 0 Å². The number of hydrogen-bond donors (Lipinski definition) is 0. The molecule has 0 aliphatic heterocycles. The lowest BCUT2D eigenvalue weighted by atomic mass is 10.1. The van der Waals surface area contributed by atoms with Crippen LogP contribution in [0.3, 0.4) is 0 Å². The third kappa shape index (κ3) is 2.02. The predicted molar refractivity (Wildman–Crippen MR) is 61.9 cm³/mol. The standard InChI is InChI=1S/C13H14N2O2/c16-13-4-2-1-3-10-7-15(9-12(10)13)8-11-5-6-14-17-11/h5-7,9H,1-4,8H2. The van der Waals surface area contributed by atoms with Gasteiger partial charge in [0.05, 0.1) is 12.7 Å². The van der Waals surface area contributed by atoms with E-state index in [1.165, 1.54) is 5.56 Å². The highest BCUT2D eigenvalue weighted by atomic mass is 16.5. The van der Waals surface area contributed by atoms with Crippen LogP contribution < -0.4 is 0 Å². The Bertz CT molecular complexity index is 526. The molecule has 0 fully saturated rings. The molecular weight excluding hydrogens is 216 g/mol. The van der Waals surface area contributed by atoms with E-state index in [0.717, 1.165) is 30.6 Å². The molecule has 1 aliphatic rings. The van der Waals surface area contributed by atoms with E-state index in [2.05, 4.69) is 11.4 Å². The summed E-state index contributed by atoms with van der Waals surface area (Å²) in [6.45, 7) is 0.639. The van der Waals surface area contributed by atoms with Crippen molar-refractivity contribution in [3.63, 3.8) is 0 Å². The highest BCUT2D eigenvalue weighted by molar-refractivity contribution is 5.97. The molecule has 88 valence electrons. The number of carbonyl (C=O) groups is 1. The second-order valence-electron chi connectivity index (χ2n) is 4.48. The molecule has 0 amide bonds. The first-order valence-corrected chi connectivity index (χ1v) is 5.94. The lowest BCUT2D eigenvalue weighted by Gasteiger charge is -1.98. The molecule has 0 radical (unpaired) electrons. The molecule has 0 atom stereocenters. The van der Waals surface area contributed by atoms with Crippen LogP contribution in [0.5, 0.6) is 0 Å². The lowest BCUT2D eigenvalue weighted by Crippen LogP contribution is -1.98. The Morgan fingerprint density at radius 3 is 3.00 bits per heavy atom. The van der Waals surface area contributed by atoms with Crippen LogP contribution in [-0.2, 0) is 13.0 Å². The molecule has 3 rings (SSSR count). The Hall–Kier alpha value is -1.84. The largest absolute Gasteiger partial charge is 0.359 e. The minimum Gasteiger partial charge on any atom is -0.359 e. The van der Waals surface area contributed by atoms with Crippen molar-refractivity contribution in [2.45, 2.75) is 32.2 Å². The first-order chi connectivity index (χ1) is 8.33. The van der Waals surface area contributed by atoms with Gasteiger partial charge in [0.2, 0.25) is 0 Å². The topological polar surface area (TPSA) is 48.0 Å². The Morgan fingerprint density at radius 2 is 2.18 bits per heavy atom. The maximum atomic E-state index is 11.9. The smallest absolute Gasteiger partial charge is 0.164 e. The van der Waals surface area contributed by atoms with Crippen molar-refractivity contribution in [2.75, 3.05) is 0 Å². The highest BCUT2D eigenvalue weighted by Gasteiger charge is 2.17. The highest BCUT2D eigenvalue weighted by Crippen LogP contribution is 2.22. The van der Waals surface area contributed by atoms with Crippen LogP contribution in [-0.4, -0.2) is 15.5 Å². The van der Waals surface area contributed by atoms with Gasteiger partial charge in [0.15, 0.2) is 11.5 Å². The molecule has 4 nitrogen and oxygen atoms in total. The SMILES string of the molecule is O=C1CCCCc2cn(Cc3ccno3)cc21. The lowest BCUT2D eigenvalue weighted by molar-refractivity contribution is 0.0982. The van der Waals surface area contributed by atoms with E-state index < -0.39 is 0 Å². The summed E-state index contributed by atoms with van der Waals surface area (Å²) in [5, 5.41) is 3.67. The fraction of sp³-hybridized carbons (Fsp3) is 0.385. The molecule has 0 saturated heterocycles. The molecular formula is C13H14N2O2. The van der Waals surface area contributed by atoms with Gasteiger partial charge in [0.25, 0.3) is 0 Å². The molecule has 0 unspecified atom stereocenters. The zero-order valence-corrected chi connectivity index (χ0v) is 9.56. The number of hydrogen-bond acceptors (Lipinski definition) is 3. The van der Waals surface area contributed by atoms with Gasteiger partial charge in [0, 0.05) is 30.4 Å². The van der Waals surface area contributed by atoms with Gasteiger partial charge < -0.3 is 9.09 Å². The van der Waals surface area contributed by atoms with Gasteiger partial charge in [-0.1, -0.05) is 5.16 Å². The van der Waals surface area contributed by atoms with E-state index in [9.17, 15) is 4.79 Å². The summed E-state index contributed by atoms with van der Waals surface area (Å²) >= 11 is 0. The molecule has 0 aromatic carbocycles. The second kappa shape index (κ2) is 4.20. The summed E-state index contributed by atoms with van der Waals surface area (Å²) in [7, 11) is 0. The van der Waals surface area contributed by atoms with E-state index in [-0.39, 0.29) is 5.78 Å². The summed E-state index contributed by atoms with van der Waals surface area (Å²) in [6.07, 6.45) is 9.42. The fourth-order valence-corrected chi connectivity index (χ4v) is 2.34. The first-order valence-electron chi connectivity index (χ1n) is 5.94. The van der Waals surface area contributed by atoms with Gasteiger partial charge in [-0.2, -0.15) is 0 Å². The second-order valence-corrected chi connectivity index (χ2v) is 4.48. The molecule has 2 aromatic heterocycles. The van der Waals surface area contributed by atoms with Crippen LogP contribution in [0.15, 0.2) is 29.2 Å². The van der Waals surface area contributed by atoms with Gasteiger partial charge >= 0.3 is 0 Å². The summed E-state index contributed by atoms with van der Waals surface area (Å²) < 4.78 is 7.07. The van der Waals surface area contributed by atoms with Crippen molar-refractivity contribution in [2.24, 2.45) is 0 Å². The molecule has 17 heavy (non-hydrogen) atoms. The van der Waals surface area contributed by atoms with Crippen molar-refractivity contribution in [3.8, 4) is 0 Å². The van der Waals surface area contributed by atoms with Crippen LogP contribution in [0.25, 0.3) is 0 Å². The number of fused-ring (bicyclic) bond motifs is 1. The van der Waals surface area contributed by atoms with Crippen molar-refractivity contribution >= 4 is 5.78 Å². The number of ketones is 1. The van der Waals surface area contributed by atoms with Crippen molar-refractivity contribution < 1.29 is 9.32 Å². The minimum atomic E-state index is 0.272. The third-order valence-electron chi connectivity index (χ3n) is 3.19. The summed E-state index contributed by atoms with van der Waals surface area (Å²) in [6, 6.07) is 1.84. The molecule has 1 aliphatic carbocycles. The summed E-state index contributed by atoms with van der Waals surface area (Å²) in [4.78, 5) is 11.9. The average molecular weight is 230 g/mol. The molecule has 0 saturated carbocycles. The number of nitrogens with zero attached hydrogens (tertiary/aromatic N) is 2. The third-order valence-corrected chi connectivity index (χ3v) is 3.19. The van der Waals surface area contributed by atoms with Gasteiger partial charge in [0.1, 0.15) is 0 Å². The van der Waals surface area contributed by atoms with Crippen LogP contribution in [0, 0.1) is 0 Å². The van der Waals surface area contributed by atoms with Gasteiger partial charge in [-0.3, -0.25) is 4.79 Å². The van der Waals surface area contributed by atoms with E-state index in [4.69, 9.17) is 4.52 Å². The van der Waals surface area contributed by atoms with Crippen molar-refractivity contribution in [1.82, 2.24) is 9.72 Å². The fourth-order valence-electron chi connectivity index (χ4n) is 2.34. The Balaban J connectivity index is 1.88. The number of carbonyl (C=O) groups excluding carboxylic acids is 1. The predicted octanol–water partition coefficient (Wildman–Crippen LogP) is 2.43. The Kier molecular flexibility index (Phi) is 2.55. The van der Waals surface area contributed by atoms with Gasteiger partial charge in [-0.25, -0.2) is 0 Å². The number of Topliss-reactive ketones (excluding diaryl/α,β-unsaturated/α-hetero) is 1. The maximum Gasteiger partial charge on any atom is 0.164 e. The zero-order chi connectivity index (χ0) is 11.7. The van der Waals surface area contributed by atoms with Crippen molar-refractivity contribution in [3.05, 3.63) is 41.5 Å². The van der Waals surface area contributed by atoms with Crippen LogP contribution in [0.4, 0.5) is 0 Å². The number of aromatic nitrogens is 2. The average Bonchev–Trinajstić information content (AvgIpc) is 2.92. The normalized spacial score (nSPS) is 15.6. The molecule has 2 aromatic rings. The Morgan fingerprint density at radius 1 is 1.29 bits per heavy atom. The molecule has 2 heterocycles. The van der Waals surface area contributed by atoms with Crippen LogP contribution >= 0.6 is 0 Å². The minimum absolute atomic E-state index is 0.272. The molecule has 4 heteroatoms.